The average molecular weight is 386 g/mol. The highest BCUT2D eigenvalue weighted by Gasteiger charge is 2.68. The molecule has 3 aliphatic rings. The van der Waals surface area contributed by atoms with Gasteiger partial charge in [0.2, 0.25) is 11.8 Å². The molecule has 1 aromatic rings. The fourth-order valence-corrected chi connectivity index (χ4v) is 5.62. The summed E-state index contributed by atoms with van der Waals surface area (Å²) < 4.78 is 0. The predicted molar refractivity (Wildman–Crippen MR) is 107 cm³/mol. The summed E-state index contributed by atoms with van der Waals surface area (Å²) in [5, 5.41) is 10.1. The summed E-state index contributed by atoms with van der Waals surface area (Å²) in [7, 11) is 3.76. The van der Waals surface area contributed by atoms with Gasteiger partial charge in [-0.2, -0.15) is 0 Å². The van der Waals surface area contributed by atoms with E-state index in [9.17, 15) is 14.7 Å². The van der Waals surface area contributed by atoms with Gasteiger partial charge in [-0.25, -0.2) is 0 Å². The lowest BCUT2D eigenvalue weighted by molar-refractivity contribution is -0.204. The third-order valence-corrected chi connectivity index (χ3v) is 6.79. The van der Waals surface area contributed by atoms with Crippen molar-refractivity contribution in [2.75, 3.05) is 40.3 Å². The first kappa shape index (κ1) is 19.4. The van der Waals surface area contributed by atoms with Gasteiger partial charge in [-0.1, -0.05) is 43.2 Å². The summed E-state index contributed by atoms with van der Waals surface area (Å²) >= 11 is 0. The number of carbonyl (C=O) groups excluding carboxylic acids is 2. The van der Waals surface area contributed by atoms with Crippen molar-refractivity contribution in [2.24, 2.45) is 5.92 Å². The van der Waals surface area contributed by atoms with Crippen molar-refractivity contribution in [1.29, 1.82) is 0 Å². The van der Waals surface area contributed by atoms with Gasteiger partial charge >= 0.3 is 0 Å². The molecule has 3 fully saturated rings. The smallest absolute Gasteiger partial charge is 0.237 e. The van der Waals surface area contributed by atoms with E-state index in [0.29, 0.717) is 19.6 Å². The lowest BCUT2D eigenvalue weighted by Gasteiger charge is -2.70. The molecule has 1 aliphatic carbocycles. The maximum atomic E-state index is 13.0. The average Bonchev–Trinajstić information content (AvgIpc) is 3.14. The molecule has 1 spiro atoms. The molecular formula is C22H31N3O3. The summed E-state index contributed by atoms with van der Waals surface area (Å²) in [4.78, 5) is 31.5. The lowest BCUT2D eigenvalue weighted by atomic mass is 9.60. The zero-order chi connectivity index (χ0) is 19.9. The monoisotopic (exact) mass is 385 g/mol. The number of nitrogens with zero attached hydrogens (tertiary/aromatic N) is 3. The molecule has 2 amide bonds. The molecule has 2 atom stereocenters. The lowest BCUT2D eigenvalue weighted by Crippen LogP contribution is -2.86. The molecule has 1 aromatic carbocycles. The maximum absolute atomic E-state index is 13.0. The van der Waals surface area contributed by atoms with Crippen molar-refractivity contribution >= 4 is 11.8 Å². The molecule has 0 unspecified atom stereocenters. The van der Waals surface area contributed by atoms with E-state index in [0.717, 1.165) is 31.2 Å². The first-order chi connectivity index (χ1) is 13.5. The van der Waals surface area contributed by atoms with Gasteiger partial charge in [-0.05, 0) is 32.5 Å². The summed E-state index contributed by atoms with van der Waals surface area (Å²) in [6.45, 7) is 1.42. The second-order valence-electron chi connectivity index (χ2n) is 8.92. The van der Waals surface area contributed by atoms with Gasteiger partial charge < -0.3 is 19.8 Å². The summed E-state index contributed by atoms with van der Waals surface area (Å²) in [5.74, 6) is 0.510. The van der Waals surface area contributed by atoms with Gasteiger partial charge in [0.05, 0.1) is 24.7 Å². The number of likely N-dealkylation sites (N-methyl/N-ethyl adjacent to an activating group) is 1. The first-order valence-corrected chi connectivity index (χ1v) is 10.4. The van der Waals surface area contributed by atoms with Crippen molar-refractivity contribution in [3.05, 3.63) is 35.9 Å². The van der Waals surface area contributed by atoms with Crippen LogP contribution in [0.2, 0.25) is 0 Å². The minimum atomic E-state index is -0.379. The van der Waals surface area contributed by atoms with Crippen molar-refractivity contribution in [2.45, 2.75) is 43.2 Å². The molecule has 2 saturated heterocycles. The van der Waals surface area contributed by atoms with Crippen molar-refractivity contribution < 1.29 is 14.7 Å². The van der Waals surface area contributed by atoms with Gasteiger partial charge in [0.15, 0.2) is 0 Å². The molecule has 28 heavy (non-hydrogen) atoms. The standard InChI is InChI=1S/C22H31N3O3/c1-23(2)12-19(27)25-18(13-26)20(16-8-4-3-5-9-16)22(25)14-24(15-22)21(28)17-10-6-7-11-17/h3-5,8-9,17-18,20,26H,6-7,10-15H2,1-2H3/t18-,20+/m0/s1. The summed E-state index contributed by atoms with van der Waals surface area (Å²) in [5.41, 5.74) is 0.763. The number of likely N-dealkylation sites (tertiary alicyclic amines) is 2. The van der Waals surface area contributed by atoms with E-state index in [4.69, 9.17) is 0 Å². The zero-order valence-corrected chi connectivity index (χ0v) is 16.9. The number of hydrogen-bond donors (Lipinski definition) is 1. The minimum absolute atomic E-state index is 0.0317. The first-order valence-electron chi connectivity index (χ1n) is 10.4. The van der Waals surface area contributed by atoms with Gasteiger partial charge in [0, 0.05) is 24.9 Å². The van der Waals surface area contributed by atoms with Crippen LogP contribution in [0.3, 0.4) is 0 Å². The third kappa shape index (κ3) is 3.03. The Hall–Kier alpha value is -1.92. The Kier molecular flexibility index (Phi) is 5.19. The Bertz CT molecular complexity index is 724. The second kappa shape index (κ2) is 7.48. The number of amides is 2. The van der Waals surface area contributed by atoms with Gasteiger partial charge in [-0.15, -0.1) is 0 Å². The van der Waals surface area contributed by atoms with Crippen LogP contribution < -0.4 is 0 Å². The number of carbonyl (C=O) groups is 2. The maximum Gasteiger partial charge on any atom is 0.237 e. The molecule has 2 heterocycles. The SMILES string of the molecule is CN(C)CC(=O)N1[C@@H](CO)[C@@H](c2ccccc2)C12CN(C(=O)C1CCCC1)C2. The molecule has 0 aromatic heterocycles. The number of rotatable bonds is 5. The van der Waals surface area contributed by atoms with Crippen LogP contribution >= 0.6 is 0 Å². The molecule has 2 aliphatic heterocycles. The largest absolute Gasteiger partial charge is 0.394 e. The molecule has 0 bridgehead atoms. The molecule has 0 radical (unpaired) electrons. The normalized spacial score (nSPS) is 26.4. The van der Waals surface area contributed by atoms with Gasteiger partial charge in [0.1, 0.15) is 0 Å². The predicted octanol–water partition coefficient (Wildman–Crippen LogP) is 1.31. The number of aliphatic hydroxyl groups excluding tert-OH is 1. The fourth-order valence-electron chi connectivity index (χ4n) is 5.62. The van der Waals surface area contributed by atoms with E-state index in [-0.39, 0.29) is 41.8 Å². The molecular weight excluding hydrogens is 354 g/mol. The molecule has 152 valence electrons. The van der Waals surface area contributed by atoms with E-state index in [2.05, 4.69) is 12.1 Å². The molecule has 4 rings (SSSR count). The van der Waals surface area contributed by atoms with Crippen molar-refractivity contribution in [3.8, 4) is 0 Å². The molecule has 6 heteroatoms. The van der Waals surface area contributed by atoms with E-state index in [1.54, 1.807) is 0 Å². The van der Waals surface area contributed by atoms with E-state index < -0.39 is 0 Å². The van der Waals surface area contributed by atoms with E-state index in [1.165, 1.54) is 0 Å². The fraction of sp³-hybridized carbons (Fsp3) is 0.636. The van der Waals surface area contributed by atoms with Crippen LogP contribution in [-0.2, 0) is 9.59 Å². The Morgan fingerprint density at radius 2 is 1.79 bits per heavy atom. The van der Waals surface area contributed by atoms with Crippen LogP contribution in [0.15, 0.2) is 30.3 Å². The third-order valence-electron chi connectivity index (χ3n) is 6.79. The number of aliphatic hydroxyl groups is 1. The van der Waals surface area contributed by atoms with Gasteiger partial charge in [0.25, 0.3) is 0 Å². The Labute approximate surface area is 167 Å². The van der Waals surface area contributed by atoms with Crippen LogP contribution in [0.1, 0.15) is 37.2 Å². The second-order valence-corrected chi connectivity index (χ2v) is 8.92. The van der Waals surface area contributed by atoms with Crippen LogP contribution in [0, 0.1) is 5.92 Å². The van der Waals surface area contributed by atoms with E-state index >= 15 is 0 Å². The quantitative estimate of drug-likeness (QED) is 0.830. The Morgan fingerprint density at radius 1 is 1.14 bits per heavy atom. The van der Waals surface area contributed by atoms with Gasteiger partial charge in [-0.3, -0.25) is 9.59 Å². The number of benzene rings is 1. The Balaban J connectivity index is 1.58. The summed E-state index contributed by atoms with van der Waals surface area (Å²) in [6.07, 6.45) is 4.27. The zero-order valence-electron chi connectivity index (χ0n) is 16.9. The minimum Gasteiger partial charge on any atom is -0.394 e. The highest BCUT2D eigenvalue weighted by molar-refractivity contribution is 5.84. The molecule has 6 nitrogen and oxygen atoms in total. The highest BCUT2D eigenvalue weighted by Crippen LogP contribution is 2.54. The van der Waals surface area contributed by atoms with Crippen LogP contribution in [0.4, 0.5) is 0 Å². The van der Waals surface area contributed by atoms with Crippen LogP contribution in [0.5, 0.6) is 0 Å². The van der Waals surface area contributed by atoms with Crippen molar-refractivity contribution in [3.63, 3.8) is 0 Å². The van der Waals surface area contributed by atoms with Crippen molar-refractivity contribution in [1.82, 2.24) is 14.7 Å². The topological polar surface area (TPSA) is 64.1 Å². The molecule has 1 N–H and O–H groups in total. The van der Waals surface area contributed by atoms with E-state index in [1.807, 2.05) is 47.0 Å². The highest BCUT2D eigenvalue weighted by atomic mass is 16.3. The van der Waals surface area contributed by atoms with Crippen LogP contribution in [0.25, 0.3) is 0 Å². The molecule has 1 saturated carbocycles. The Morgan fingerprint density at radius 3 is 2.36 bits per heavy atom. The number of hydrogen-bond acceptors (Lipinski definition) is 4. The summed E-state index contributed by atoms with van der Waals surface area (Å²) in [6, 6.07) is 9.91. The van der Waals surface area contributed by atoms with Crippen LogP contribution in [-0.4, -0.2) is 83.5 Å².